The highest BCUT2D eigenvalue weighted by Gasteiger charge is 2.31. The lowest BCUT2D eigenvalue weighted by Gasteiger charge is -2.34. The van der Waals surface area contributed by atoms with Crippen molar-refractivity contribution in [3.63, 3.8) is 0 Å². The number of nitrogens with one attached hydrogen (secondary N) is 1. The van der Waals surface area contributed by atoms with Gasteiger partial charge in [-0.05, 0) is 12.1 Å². The Labute approximate surface area is 116 Å². The van der Waals surface area contributed by atoms with Crippen molar-refractivity contribution >= 4 is 10.9 Å². The number of hydrogen-bond acceptors (Lipinski definition) is 3. The first-order valence-corrected chi connectivity index (χ1v) is 6.84. The molecule has 0 radical (unpaired) electrons. The number of para-hydroxylation sites is 1. The Morgan fingerprint density at radius 2 is 1.80 bits per heavy atom. The van der Waals surface area contributed by atoms with Crippen molar-refractivity contribution in [2.75, 3.05) is 26.2 Å². The van der Waals surface area contributed by atoms with Gasteiger partial charge in [-0.2, -0.15) is 0 Å². The molecule has 0 bridgehead atoms. The van der Waals surface area contributed by atoms with Crippen LogP contribution in [-0.4, -0.2) is 42.5 Å². The van der Waals surface area contributed by atoms with Crippen molar-refractivity contribution < 1.29 is 8.78 Å². The van der Waals surface area contributed by atoms with Gasteiger partial charge in [0.1, 0.15) is 6.04 Å². The minimum atomic E-state index is -2.43. The maximum Gasteiger partial charge on any atom is 0.259 e. The van der Waals surface area contributed by atoms with Gasteiger partial charge in [-0.1, -0.05) is 24.3 Å². The Balaban J connectivity index is 1.95. The van der Waals surface area contributed by atoms with E-state index in [9.17, 15) is 8.78 Å². The molecular formula is C15H17F2N3. The van der Waals surface area contributed by atoms with Crippen molar-refractivity contribution in [2.24, 2.45) is 0 Å². The summed E-state index contributed by atoms with van der Waals surface area (Å²) >= 11 is 0. The third kappa shape index (κ3) is 2.64. The Bertz CT molecular complexity index is 582. The van der Waals surface area contributed by atoms with E-state index in [-0.39, 0.29) is 0 Å². The fourth-order valence-corrected chi connectivity index (χ4v) is 2.68. The molecule has 0 amide bonds. The molecule has 1 fully saturated rings. The second kappa shape index (κ2) is 5.81. The third-order valence-electron chi connectivity index (χ3n) is 3.71. The van der Waals surface area contributed by atoms with Gasteiger partial charge < -0.3 is 5.32 Å². The van der Waals surface area contributed by atoms with Crippen LogP contribution in [-0.2, 0) is 0 Å². The molecule has 1 aromatic heterocycles. The van der Waals surface area contributed by atoms with Gasteiger partial charge in [0.2, 0.25) is 0 Å². The van der Waals surface area contributed by atoms with Gasteiger partial charge in [-0.3, -0.25) is 9.88 Å². The van der Waals surface area contributed by atoms with E-state index in [1.54, 1.807) is 6.07 Å². The summed E-state index contributed by atoms with van der Waals surface area (Å²) in [4.78, 5) is 6.25. The summed E-state index contributed by atoms with van der Waals surface area (Å²) in [5.41, 5.74) is 1.23. The zero-order valence-corrected chi connectivity index (χ0v) is 11.1. The van der Waals surface area contributed by atoms with Crippen LogP contribution in [0.15, 0.2) is 36.4 Å². The van der Waals surface area contributed by atoms with E-state index in [4.69, 9.17) is 0 Å². The highest BCUT2D eigenvalue weighted by Crippen LogP contribution is 2.27. The number of alkyl halides is 2. The fraction of sp³-hybridized carbons (Fsp3) is 0.400. The summed E-state index contributed by atoms with van der Waals surface area (Å²) < 4.78 is 26.9. The summed E-state index contributed by atoms with van der Waals surface area (Å²) in [5, 5.41) is 4.16. The SMILES string of the molecule is FC(F)[C@@H](c1ccc2ccccc2n1)N1CCNCC1. The lowest BCUT2D eigenvalue weighted by molar-refractivity contribution is 0.0162. The molecule has 106 valence electrons. The summed E-state index contributed by atoms with van der Waals surface area (Å²) in [6, 6.07) is 10.3. The number of halogens is 2. The molecule has 1 aliphatic rings. The molecule has 3 rings (SSSR count). The summed E-state index contributed by atoms with van der Waals surface area (Å²) in [7, 11) is 0. The number of piperazine rings is 1. The van der Waals surface area contributed by atoms with E-state index in [2.05, 4.69) is 10.3 Å². The van der Waals surface area contributed by atoms with Crippen LogP contribution in [0, 0.1) is 0 Å². The van der Waals surface area contributed by atoms with E-state index >= 15 is 0 Å². The van der Waals surface area contributed by atoms with Gasteiger partial charge in [-0.15, -0.1) is 0 Å². The van der Waals surface area contributed by atoms with Crippen LogP contribution in [0.4, 0.5) is 8.78 Å². The van der Waals surface area contributed by atoms with Gasteiger partial charge in [0.15, 0.2) is 0 Å². The van der Waals surface area contributed by atoms with E-state index < -0.39 is 12.5 Å². The molecular weight excluding hydrogens is 260 g/mol. The molecule has 20 heavy (non-hydrogen) atoms. The lowest BCUT2D eigenvalue weighted by atomic mass is 10.1. The number of nitrogens with zero attached hydrogens (tertiary/aromatic N) is 2. The van der Waals surface area contributed by atoms with E-state index in [0.717, 1.165) is 24.0 Å². The second-order valence-corrected chi connectivity index (χ2v) is 4.99. The van der Waals surface area contributed by atoms with E-state index in [1.165, 1.54) is 0 Å². The number of fused-ring (bicyclic) bond motifs is 1. The highest BCUT2D eigenvalue weighted by molar-refractivity contribution is 5.78. The summed E-state index contributed by atoms with van der Waals surface area (Å²) in [6.45, 7) is 2.75. The van der Waals surface area contributed by atoms with Crippen LogP contribution in [0.1, 0.15) is 11.7 Å². The Hall–Kier alpha value is -1.59. The predicted octanol–water partition coefficient (Wildman–Crippen LogP) is 2.45. The summed E-state index contributed by atoms with van der Waals surface area (Å²) in [5.74, 6) is 0. The molecule has 0 saturated carbocycles. The molecule has 0 aliphatic carbocycles. The summed E-state index contributed by atoms with van der Waals surface area (Å²) in [6.07, 6.45) is -2.43. The Kier molecular flexibility index (Phi) is 3.89. The maximum atomic E-state index is 13.5. The van der Waals surface area contributed by atoms with Crippen molar-refractivity contribution in [2.45, 2.75) is 12.5 Å². The largest absolute Gasteiger partial charge is 0.314 e. The van der Waals surface area contributed by atoms with Crippen molar-refractivity contribution in [1.29, 1.82) is 0 Å². The van der Waals surface area contributed by atoms with Crippen LogP contribution >= 0.6 is 0 Å². The molecule has 0 unspecified atom stereocenters. The monoisotopic (exact) mass is 277 g/mol. The van der Waals surface area contributed by atoms with Gasteiger partial charge in [0.05, 0.1) is 11.2 Å². The number of hydrogen-bond donors (Lipinski definition) is 1. The molecule has 1 aromatic carbocycles. The fourth-order valence-electron chi connectivity index (χ4n) is 2.68. The van der Waals surface area contributed by atoms with Gasteiger partial charge in [0.25, 0.3) is 6.43 Å². The van der Waals surface area contributed by atoms with Crippen LogP contribution in [0.5, 0.6) is 0 Å². The van der Waals surface area contributed by atoms with Gasteiger partial charge in [0, 0.05) is 31.6 Å². The Morgan fingerprint density at radius 1 is 1.05 bits per heavy atom. The van der Waals surface area contributed by atoms with Crippen LogP contribution in [0.3, 0.4) is 0 Å². The molecule has 1 saturated heterocycles. The first-order valence-electron chi connectivity index (χ1n) is 6.84. The topological polar surface area (TPSA) is 28.2 Å². The van der Waals surface area contributed by atoms with Crippen LogP contribution in [0.25, 0.3) is 10.9 Å². The minimum absolute atomic E-state index is 0.459. The normalized spacial score (nSPS) is 18.6. The Morgan fingerprint density at radius 3 is 2.55 bits per heavy atom. The molecule has 2 heterocycles. The molecule has 1 N–H and O–H groups in total. The lowest BCUT2D eigenvalue weighted by Crippen LogP contribution is -2.47. The smallest absolute Gasteiger partial charge is 0.259 e. The molecule has 1 aliphatic heterocycles. The predicted molar refractivity (Wildman–Crippen MR) is 74.9 cm³/mol. The average molecular weight is 277 g/mol. The number of benzene rings is 1. The standard InChI is InChI=1S/C15H17F2N3/c16-15(17)14(20-9-7-18-8-10-20)13-6-5-11-3-1-2-4-12(11)19-13/h1-6,14-15,18H,7-10H2/t14-/m1/s1. The number of pyridine rings is 1. The molecule has 2 aromatic rings. The first kappa shape index (κ1) is 13.4. The van der Waals surface area contributed by atoms with Crippen molar-refractivity contribution in [3.05, 3.63) is 42.1 Å². The molecule has 5 heteroatoms. The van der Waals surface area contributed by atoms with Crippen molar-refractivity contribution in [3.8, 4) is 0 Å². The third-order valence-corrected chi connectivity index (χ3v) is 3.71. The highest BCUT2D eigenvalue weighted by atomic mass is 19.3. The van der Waals surface area contributed by atoms with Crippen LogP contribution in [0.2, 0.25) is 0 Å². The zero-order valence-electron chi connectivity index (χ0n) is 11.1. The molecule has 0 spiro atoms. The van der Waals surface area contributed by atoms with E-state index in [0.29, 0.717) is 18.8 Å². The zero-order chi connectivity index (χ0) is 13.9. The maximum absolute atomic E-state index is 13.5. The second-order valence-electron chi connectivity index (χ2n) is 4.99. The van der Waals surface area contributed by atoms with Crippen molar-refractivity contribution in [1.82, 2.24) is 15.2 Å². The quantitative estimate of drug-likeness (QED) is 0.934. The molecule has 1 atom stereocenters. The van der Waals surface area contributed by atoms with Crippen LogP contribution < -0.4 is 5.32 Å². The number of aromatic nitrogens is 1. The molecule has 3 nitrogen and oxygen atoms in total. The minimum Gasteiger partial charge on any atom is -0.314 e. The van der Waals surface area contributed by atoms with E-state index in [1.807, 2.05) is 35.2 Å². The average Bonchev–Trinajstić information content (AvgIpc) is 2.48. The van der Waals surface area contributed by atoms with Gasteiger partial charge >= 0.3 is 0 Å². The first-order chi connectivity index (χ1) is 9.75. The number of rotatable bonds is 3. The van der Waals surface area contributed by atoms with Gasteiger partial charge in [-0.25, -0.2) is 8.78 Å².